The van der Waals surface area contributed by atoms with E-state index < -0.39 is 11.9 Å². The molecule has 5 nitrogen and oxygen atoms in total. The van der Waals surface area contributed by atoms with Crippen molar-refractivity contribution in [3.8, 4) is 17.6 Å². The second-order valence-electron chi connectivity index (χ2n) is 8.90. The highest BCUT2D eigenvalue weighted by Gasteiger charge is 2.33. The fraction of sp³-hybridized carbons (Fsp3) is 0.357. The van der Waals surface area contributed by atoms with Crippen LogP contribution >= 0.6 is 0 Å². The van der Waals surface area contributed by atoms with Crippen LogP contribution in [-0.2, 0) is 11.2 Å². The quantitative estimate of drug-likeness (QED) is 0.489. The van der Waals surface area contributed by atoms with Crippen LogP contribution in [0.1, 0.15) is 30.4 Å². The Kier molecular flexibility index (Phi) is 7.94. The Hall–Kier alpha value is -3.50. The molecule has 35 heavy (non-hydrogen) atoms. The number of rotatable bonds is 7. The van der Waals surface area contributed by atoms with E-state index in [1.807, 2.05) is 11.0 Å². The van der Waals surface area contributed by atoms with Crippen LogP contribution < -0.4 is 4.74 Å². The number of likely N-dealkylation sites (tertiary alicyclic amines) is 1. The van der Waals surface area contributed by atoms with E-state index in [0.717, 1.165) is 18.4 Å². The molecule has 1 aliphatic heterocycles. The van der Waals surface area contributed by atoms with Gasteiger partial charge in [0.2, 0.25) is 0 Å². The molecule has 0 spiro atoms. The van der Waals surface area contributed by atoms with Gasteiger partial charge in [0.25, 0.3) is 0 Å². The molecule has 182 valence electrons. The summed E-state index contributed by atoms with van der Waals surface area (Å²) in [6.07, 6.45) is 3.87. The van der Waals surface area contributed by atoms with Gasteiger partial charge in [-0.3, -0.25) is 14.7 Å². The third kappa shape index (κ3) is 6.14. The van der Waals surface area contributed by atoms with Gasteiger partial charge in [-0.1, -0.05) is 17.9 Å². The van der Waals surface area contributed by atoms with Crippen LogP contribution in [-0.4, -0.2) is 47.7 Å². The van der Waals surface area contributed by atoms with Gasteiger partial charge in [0, 0.05) is 17.5 Å². The number of halogens is 2. The lowest BCUT2D eigenvalue weighted by molar-refractivity contribution is -0.146. The minimum atomic E-state index is -0.817. The zero-order valence-electron chi connectivity index (χ0n) is 19.6. The maximum absolute atomic E-state index is 14.6. The van der Waals surface area contributed by atoms with Gasteiger partial charge in [0.15, 0.2) is 0 Å². The van der Waals surface area contributed by atoms with Crippen molar-refractivity contribution in [3.63, 3.8) is 0 Å². The van der Waals surface area contributed by atoms with Gasteiger partial charge in [0.1, 0.15) is 17.4 Å². The SMILES string of the molecule is COc1ccc2ncc(F)c(CCCC3CCN(CC#Cc4cccc(F)c4)CC3C(=O)O)c2c1. The minimum Gasteiger partial charge on any atom is -0.497 e. The van der Waals surface area contributed by atoms with Crippen LogP contribution in [0.15, 0.2) is 48.7 Å². The van der Waals surface area contributed by atoms with E-state index in [0.29, 0.717) is 54.7 Å². The fourth-order valence-electron chi connectivity index (χ4n) is 4.78. The number of fused-ring (bicyclic) bond motifs is 1. The number of nitrogens with zero attached hydrogens (tertiary/aromatic N) is 2. The molecule has 0 bridgehead atoms. The van der Waals surface area contributed by atoms with Crippen LogP contribution in [0.4, 0.5) is 8.78 Å². The number of benzene rings is 2. The molecule has 0 amide bonds. The van der Waals surface area contributed by atoms with Crippen molar-refractivity contribution >= 4 is 16.9 Å². The molecule has 3 aromatic rings. The normalized spacial score (nSPS) is 18.1. The standard InChI is InChI=1S/C28H28F2N2O3/c1-35-22-10-11-27-24(16-22)23(26(30)17-31-27)9-3-7-20-12-14-32(18-25(20)28(33)34)13-4-6-19-5-2-8-21(29)15-19/h2,5,8,10-11,15-17,20,25H,3,7,9,12-14,18H2,1H3,(H,33,34). The molecule has 1 fully saturated rings. The number of pyridine rings is 1. The number of carbonyl (C=O) groups is 1. The maximum Gasteiger partial charge on any atom is 0.308 e. The molecule has 2 atom stereocenters. The predicted octanol–water partition coefficient (Wildman–Crippen LogP) is 4.92. The molecular formula is C28H28F2N2O3. The van der Waals surface area contributed by atoms with Crippen molar-refractivity contribution in [1.29, 1.82) is 0 Å². The number of hydrogen-bond acceptors (Lipinski definition) is 4. The number of aliphatic carboxylic acids is 1. The molecule has 2 aromatic carbocycles. The number of methoxy groups -OCH3 is 1. The average molecular weight is 479 g/mol. The van der Waals surface area contributed by atoms with Crippen molar-refractivity contribution in [2.24, 2.45) is 11.8 Å². The van der Waals surface area contributed by atoms with Crippen LogP contribution in [0, 0.1) is 35.3 Å². The Morgan fingerprint density at radius 1 is 1.26 bits per heavy atom. The topological polar surface area (TPSA) is 62.7 Å². The average Bonchev–Trinajstić information content (AvgIpc) is 2.85. The molecular weight excluding hydrogens is 450 g/mol. The summed E-state index contributed by atoms with van der Waals surface area (Å²) in [6, 6.07) is 11.5. The molecule has 2 heterocycles. The van der Waals surface area contributed by atoms with Gasteiger partial charge in [-0.15, -0.1) is 0 Å². The summed E-state index contributed by atoms with van der Waals surface area (Å²) >= 11 is 0. The molecule has 0 saturated carbocycles. The highest BCUT2D eigenvalue weighted by molar-refractivity contribution is 5.83. The number of aromatic nitrogens is 1. The zero-order valence-corrected chi connectivity index (χ0v) is 19.6. The first kappa shape index (κ1) is 24.6. The highest BCUT2D eigenvalue weighted by Crippen LogP contribution is 2.30. The minimum absolute atomic E-state index is 0.0191. The number of aryl methyl sites for hydroxylation is 1. The summed E-state index contributed by atoms with van der Waals surface area (Å²) in [7, 11) is 1.57. The van der Waals surface area contributed by atoms with Crippen molar-refractivity contribution in [1.82, 2.24) is 9.88 Å². The van der Waals surface area contributed by atoms with Crippen molar-refractivity contribution in [2.45, 2.75) is 25.7 Å². The molecule has 1 aromatic heterocycles. The lowest BCUT2D eigenvalue weighted by atomic mass is 9.81. The summed E-state index contributed by atoms with van der Waals surface area (Å²) in [5.74, 6) is 4.63. The predicted molar refractivity (Wildman–Crippen MR) is 130 cm³/mol. The van der Waals surface area contributed by atoms with E-state index in [2.05, 4.69) is 16.8 Å². The Bertz CT molecular complexity index is 1270. The monoisotopic (exact) mass is 478 g/mol. The number of carboxylic acids is 1. The van der Waals surface area contributed by atoms with Gasteiger partial charge >= 0.3 is 5.97 Å². The number of hydrogen-bond donors (Lipinski definition) is 1. The first-order valence-electron chi connectivity index (χ1n) is 11.8. The summed E-state index contributed by atoms with van der Waals surface area (Å²) in [4.78, 5) is 18.2. The largest absolute Gasteiger partial charge is 0.497 e. The van der Waals surface area contributed by atoms with Gasteiger partial charge in [0.05, 0.1) is 31.3 Å². The summed E-state index contributed by atoms with van der Waals surface area (Å²) in [5, 5.41) is 10.6. The smallest absolute Gasteiger partial charge is 0.308 e. The third-order valence-corrected chi connectivity index (χ3v) is 6.65. The Morgan fingerprint density at radius 3 is 2.89 bits per heavy atom. The molecule has 0 aliphatic carbocycles. The molecule has 1 N–H and O–H groups in total. The van der Waals surface area contributed by atoms with Crippen LogP contribution in [0.3, 0.4) is 0 Å². The van der Waals surface area contributed by atoms with E-state index in [1.165, 1.54) is 18.3 Å². The van der Waals surface area contributed by atoms with Crippen LogP contribution in [0.2, 0.25) is 0 Å². The highest BCUT2D eigenvalue weighted by atomic mass is 19.1. The molecule has 7 heteroatoms. The summed E-state index contributed by atoms with van der Waals surface area (Å²) in [6.45, 7) is 1.60. The van der Waals surface area contributed by atoms with Crippen molar-refractivity contribution in [3.05, 3.63) is 71.4 Å². The number of piperidine rings is 1. The van der Waals surface area contributed by atoms with Gasteiger partial charge in [-0.05, 0) is 80.1 Å². The van der Waals surface area contributed by atoms with Crippen molar-refractivity contribution < 1.29 is 23.4 Å². The Labute approximate surface area is 203 Å². The first-order chi connectivity index (χ1) is 16.9. The van der Waals surface area contributed by atoms with Gasteiger partial charge < -0.3 is 9.84 Å². The first-order valence-corrected chi connectivity index (χ1v) is 11.8. The second kappa shape index (κ2) is 11.3. The molecule has 1 saturated heterocycles. The van der Waals surface area contributed by atoms with E-state index in [9.17, 15) is 18.7 Å². The lowest BCUT2D eigenvalue weighted by Crippen LogP contribution is -2.44. The van der Waals surface area contributed by atoms with Gasteiger partial charge in [-0.2, -0.15) is 0 Å². The fourth-order valence-corrected chi connectivity index (χ4v) is 4.78. The number of carboxylic acid groups (broad SMARTS) is 1. The Morgan fingerprint density at radius 2 is 2.11 bits per heavy atom. The van der Waals surface area contributed by atoms with Crippen LogP contribution in [0.25, 0.3) is 10.9 Å². The summed E-state index contributed by atoms with van der Waals surface area (Å²) < 4.78 is 33.2. The molecule has 4 rings (SSSR count). The van der Waals surface area contributed by atoms with E-state index in [-0.39, 0.29) is 17.6 Å². The molecule has 1 aliphatic rings. The zero-order chi connectivity index (χ0) is 24.8. The maximum atomic E-state index is 14.6. The second-order valence-corrected chi connectivity index (χ2v) is 8.90. The van der Waals surface area contributed by atoms with Crippen LogP contribution in [0.5, 0.6) is 5.75 Å². The van der Waals surface area contributed by atoms with E-state index >= 15 is 0 Å². The summed E-state index contributed by atoms with van der Waals surface area (Å²) in [5.41, 5.74) is 1.90. The van der Waals surface area contributed by atoms with Crippen molar-refractivity contribution in [2.75, 3.05) is 26.7 Å². The van der Waals surface area contributed by atoms with E-state index in [4.69, 9.17) is 4.74 Å². The van der Waals surface area contributed by atoms with E-state index in [1.54, 1.807) is 31.4 Å². The lowest BCUT2D eigenvalue weighted by Gasteiger charge is -2.35. The Balaban J connectivity index is 1.36. The molecule has 2 unspecified atom stereocenters. The molecule has 0 radical (unpaired) electrons. The number of ether oxygens (including phenoxy) is 1. The van der Waals surface area contributed by atoms with Gasteiger partial charge in [-0.25, -0.2) is 8.78 Å². The third-order valence-electron chi connectivity index (χ3n) is 6.65.